The van der Waals surface area contributed by atoms with E-state index in [1.54, 1.807) is 0 Å². The van der Waals surface area contributed by atoms with E-state index in [2.05, 4.69) is 26.8 Å². The summed E-state index contributed by atoms with van der Waals surface area (Å²) in [5, 5.41) is 0. The van der Waals surface area contributed by atoms with Crippen molar-refractivity contribution in [2.75, 3.05) is 0 Å². The molecule has 2 rings (SSSR count). The molecule has 0 bridgehead atoms. The van der Waals surface area contributed by atoms with Gasteiger partial charge in [0.05, 0.1) is 0 Å². The molecule has 0 amide bonds. The molecule has 1 atom stereocenters. The molecular formula is C11H17NS. The molecule has 0 aliphatic heterocycles. The smallest absolute Gasteiger partial charge is 0.0113 e. The monoisotopic (exact) mass is 195 g/mol. The lowest BCUT2D eigenvalue weighted by atomic mass is 9.90. The summed E-state index contributed by atoms with van der Waals surface area (Å²) in [4.78, 5) is 2.88. The molecule has 1 nitrogen and oxygen atoms in total. The zero-order valence-corrected chi connectivity index (χ0v) is 9.37. The summed E-state index contributed by atoms with van der Waals surface area (Å²) >= 11 is 1.90. The molecule has 0 aromatic carbocycles. The largest absolute Gasteiger partial charge is 0.327 e. The number of nitrogens with two attached hydrogens (primary N) is 1. The van der Waals surface area contributed by atoms with Crippen molar-refractivity contribution >= 4 is 11.3 Å². The average Bonchev–Trinajstić information content (AvgIpc) is 2.75. The van der Waals surface area contributed by atoms with Crippen molar-refractivity contribution in [3.05, 3.63) is 21.4 Å². The number of thiophene rings is 1. The molecule has 1 unspecified atom stereocenters. The Hall–Kier alpha value is -0.340. The lowest BCUT2D eigenvalue weighted by molar-refractivity contribution is 0.556. The molecule has 1 aliphatic rings. The number of hydrogen-bond acceptors (Lipinski definition) is 2. The van der Waals surface area contributed by atoms with Crippen LogP contribution in [0.15, 0.2) is 6.07 Å². The second-order valence-electron chi connectivity index (χ2n) is 4.27. The van der Waals surface area contributed by atoms with Crippen LogP contribution in [-0.2, 0) is 5.41 Å². The standard InChI is InChI=1S/C11H17NS/c1-7-6-10(8(2)13-7)11(4-5-11)9(3)12/h6,9H,4-5,12H2,1-3H3. The zero-order valence-electron chi connectivity index (χ0n) is 8.55. The van der Waals surface area contributed by atoms with Crippen molar-refractivity contribution in [2.24, 2.45) is 5.73 Å². The number of rotatable bonds is 2. The number of aryl methyl sites for hydroxylation is 2. The van der Waals surface area contributed by atoms with E-state index in [1.165, 1.54) is 28.2 Å². The summed E-state index contributed by atoms with van der Waals surface area (Å²) in [6, 6.07) is 2.64. The van der Waals surface area contributed by atoms with Crippen LogP contribution in [0.3, 0.4) is 0 Å². The minimum absolute atomic E-state index is 0.306. The van der Waals surface area contributed by atoms with Gasteiger partial charge in [-0.15, -0.1) is 11.3 Å². The van der Waals surface area contributed by atoms with Crippen molar-refractivity contribution in [3.63, 3.8) is 0 Å². The van der Waals surface area contributed by atoms with Gasteiger partial charge in [0.1, 0.15) is 0 Å². The lowest BCUT2D eigenvalue weighted by Gasteiger charge is -2.19. The molecule has 1 aliphatic carbocycles. The predicted octanol–water partition coefficient (Wildman–Crippen LogP) is 2.74. The minimum atomic E-state index is 0.306. The van der Waals surface area contributed by atoms with Crippen LogP contribution in [0.4, 0.5) is 0 Å². The van der Waals surface area contributed by atoms with E-state index in [4.69, 9.17) is 5.73 Å². The van der Waals surface area contributed by atoms with Gasteiger partial charge in [-0.3, -0.25) is 0 Å². The summed E-state index contributed by atoms with van der Waals surface area (Å²) in [6.07, 6.45) is 2.56. The molecule has 0 spiro atoms. The summed E-state index contributed by atoms with van der Waals surface area (Å²) in [6.45, 7) is 6.54. The first kappa shape index (κ1) is 9.22. The fourth-order valence-electron chi connectivity index (χ4n) is 2.23. The van der Waals surface area contributed by atoms with Crippen LogP contribution in [0, 0.1) is 13.8 Å². The highest BCUT2D eigenvalue weighted by Gasteiger charge is 2.48. The quantitative estimate of drug-likeness (QED) is 0.771. The highest BCUT2D eigenvalue weighted by molar-refractivity contribution is 7.12. The molecule has 1 heterocycles. The molecule has 1 aromatic rings. The van der Waals surface area contributed by atoms with Crippen molar-refractivity contribution in [1.29, 1.82) is 0 Å². The second kappa shape index (κ2) is 2.82. The first-order valence-corrected chi connectivity index (χ1v) is 5.71. The van der Waals surface area contributed by atoms with Crippen molar-refractivity contribution in [1.82, 2.24) is 0 Å². The summed E-state index contributed by atoms with van der Waals surface area (Å²) < 4.78 is 0. The topological polar surface area (TPSA) is 26.0 Å². The van der Waals surface area contributed by atoms with Crippen LogP contribution in [0.5, 0.6) is 0 Å². The van der Waals surface area contributed by atoms with E-state index in [0.29, 0.717) is 11.5 Å². The van der Waals surface area contributed by atoms with Gasteiger partial charge >= 0.3 is 0 Å². The van der Waals surface area contributed by atoms with Gasteiger partial charge in [-0.05, 0) is 45.2 Å². The number of hydrogen-bond donors (Lipinski definition) is 1. The third kappa shape index (κ3) is 1.32. The summed E-state index contributed by atoms with van der Waals surface area (Å²) in [7, 11) is 0. The van der Waals surface area contributed by atoms with Crippen LogP contribution in [0.1, 0.15) is 35.1 Å². The normalized spacial score (nSPS) is 21.5. The summed E-state index contributed by atoms with van der Waals surface area (Å²) in [5.74, 6) is 0. The molecule has 1 saturated carbocycles. The Balaban J connectivity index is 2.40. The van der Waals surface area contributed by atoms with E-state index in [-0.39, 0.29) is 0 Å². The Morgan fingerprint density at radius 3 is 2.38 bits per heavy atom. The molecule has 1 aromatic heterocycles. The fourth-order valence-corrected chi connectivity index (χ4v) is 3.26. The van der Waals surface area contributed by atoms with Gasteiger partial charge in [-0.1, -0.05) is 0 Å². The van der Waals surface area contributed by atoms with Gasteiger partial charge in [-0.25, -0.2) is 0 Å². The average molecular weight is 195 g/mol. The Morgan fingerprint density at radius 1 is 1.46 bits per heavy atom. The molecule has 72 valence electrons. The van der Waals surface area contributed by atoms with Gasteiger partial charge in [0.15, 0.2) is 0 Å². The van der Waals surface area contributed by atoms with Gasteiger partial charge in [-0.2, -0.15) is 0 Å². The Labute approximate surface area is 84.0 Å². The van der Waals surface area contributed by atoms with Crippen molar-refractivity contribution < 1.29 is 0 Å². The highest BCUT2D eigenvalue weighted by Crippen LogP contribution is 2.52. The lowest BCUT2D eigenvalue weighted by Crippen LogP contribution is -2.31. The van der Waals surface area contributed by atoms with Crippen LogP contribution in [0.2, 0.25) is 0 Å². The molecule has 0 saturated heterocycles. The maximum atomic E-state index is 6.05. The molecule has 2 heteroatoms. The predicted molar refractivity (Wildman–Crippen MR) is 58.4 cm³/mol. The fraction of sp³-hybridized carbons (Fsp3) is 0.636. The van der Waals surface area contributed by atoms with Gasteiger partial charge in [0.25, 0.3) is 0 Å². The van der Waals surface area contributed by atoms with E-state index < -0.39 is 0 Å². The zero-order chi connectivity index (χ0) is 9.64. The third-order valence-electron chi connectivity index (χ3n) is 3.24. The highest BCUT2D eigenvalue weighted by atomic mass is 32.1. The molecular weight excluding hydrogens is 178 g/mol. The first-order chi connectivity index (χ1) is 6.06. The van der Waals surface area contributed by atoms with Crippen LogP contribution in [-0.4, -0.2) is 6.04 Å². The van der Waals surface area contributed by atoms with Crippen LogP contribution < -0.4 is 5.73 Å². The maximum Gasteiger partial charge on any atom is 0.0113 e. The molecule has 1 fully saturated rings. The van der Waals surface area contributed by atoms with Crippen molar-refractivity contribution in [2.45, 2.75) is 45.1 Å². The minimum Gasteiger partial charge on any atom is -0.327 e. The van der Waals surface area contributed by atoms with Crippen LogP contribution >= 0.6 is 11.3 Å². The molecule has 0 radical (unpaired) electrons. The Bertz CT molecular complexity index is 321. The van der Waals surface area contributed by atoms with Gasteiger partial charge in [0.2, 0.25) is 0 Å². The van der Waals surface area contributed by atoms with E-state index in [1.807, 2.05) is 11.3 Å². The van der Waals surface area contributed by atoms with Crippen LogP contribution in [0.25, 0.3) is 0 Å². The Morgan fingerprint density at radius 2 is 2.08 bits per heavy atom. The molecule has 2 N–H and O–H groups in total. The van der Waals surface area contributed by atoms with Gasteiger partial charge < -0.3 is 5.73 Å². The van der Waals surface area contributed by atoms with E-state index in [0.717, 1.165) is 0 Å². The first-order valence-electron chi connectivity index (χ1n) is 4.89. The molecule has 13 heavy (non-hydrogen) atoms. The van der Waals surface area contributed by atoms with E-state index >= 15 is 0 Å². The summed E-state index contributed by atoms with van der Waals surface area (Å²) in [5.41, 5.74) is 7.91. The van der Waals surface area contributed by atoms with Crippen molar-refractivity contribution in [3.8, 4) is 0 Å². The maximum absolute atomic E-state index is 6.05. The SMILES string of the molecule is Cc1cc(C2(C(C)N)CC2)c(C)s1. The third-order valence-corrected chi connectivity index (χ3v) is 4.20. The Kier molecular flexibility index (Phi) is 2.00. The van der Waals surface area contributed by atoms with E-state index in [9.17, 15) is 0 Å². The van der Waals surface area contributed by atoms with Gasteiger partial charge in [0, 0.05) is 21.2 Å². The second-order valence-corrected chi connectivity index (χ2v) is 5.73.